The topological polar surface area (TPSA) is 63.4 Å². The number of sulfonamides is 1. The van der Waals surface area contributed by atoms with Crippen LogP contribution in [-0.4, -0.2) is 25.3 Å². The van der Waals surface area contributed by atoms with Gasteiger partial charge in [0.15, 0.2) is 0 Å². The summed E-state index contributed by atoms with van der Waals surface area (Å²) in [5.74, 6) is 0. The van der Waals surface area contributed by atoms with Crippen molar-refractivity contribution in [1.82, 2.24) is 4.31 Å². The first kappa shape index (κ1) is 14.5. The van der Waals surface area contributed by atoms with Crippen LogP contribution in [-0.2, 0) is 16.6 Å². The molecule has 1 aromatic carbocycles. The molecule has 1 fully saturated rings. The van der Waals surface area contributed by atoms with Crippen molar-refractivity contribution in [3.63, 3.8) is 0 Å². The molecule has 4 nitrogen and oxygen atoms in total. The molecule has 5 heteroatoms. The SMILES string of the molecule is CCC1CCCCN1S(=O)(=O)c1ccc(CN)cc1. The van der Waals surface area contributed by atoms with Gasteiger partial charge in [0, 0.05) is 19.1 Å². The van der Waals surface area contributed by atoms with Crippen LogP contribution in [0.15, 0.2) is 29.2 Å². The molecular weight excluding hydrogens is 260 g/mol. The highest BCUT2D eigenvalue weighted by Gasteiger charge is 2.32. The van der Waals surface area contributed by atoms with Gasteiger partial charge < -0.3 is 5.73 Å². The Kier molecular flexibility index (Phi) is 4.60. The summed E-state index contributed by atoms with van der Waals surface area (Å²) in [5.41, 5.74) is 6.48. The Balaban J connectivity index is 2.29. The highest BCUT2D eigenvalue weighted by Crippen LogP contribution is 2.26. The molecule has 0 bridgehead atoms. The maximum absolute atomic E-state index is 12.7. The molecule has 0 radical (unpaired) electrons. The first-order valence-corrected chi connectivity index (χ1v) is 8.34. The number of nitrogens with zero attached hydrogens (tertiary/aromatic N) is 1. The Morgan fingerprint density at radius 2 is 1.95 bits per heavy atom. The average Bonchev–Trinajstić information content (AvgIpc) is 2.47. The Morgan fingerprint density at radius 1 is 1.26 bits per heavy atom. The maximum atomic E-state index is 12.7. The quantitative estimate of drug-likeness (QED) is 0.920. The van der Waals surface area contributed by atoms with Gasteiger partial charge in [-0.25, -0.2) is 8.42 Å². The summed E-state index contributed by atoms with van der Waals surface area (Å²) in [6.07, 6.45) is 3.92. The molecule has 106 valence electrons. The van der Waals surface area contributed by atoms with E-state index >= 15 is 0 Å². The smallest absolute Gasteiger partial charge is 0.243 e. The highest BCUT2D eigenvalue weighted by molar-refractivity contribution is 7.89. The Hall–Kier alpha value is -0.910. The Bertz CT molecular complexity index is 511. The molecule has 2 rings (SSSR count). The molecule has 1 heterocycles. The fraction of sp³-hybridized carbons (Fsp3) is 0.571. The van der Waals surface area contributed by atoms with Crippen LogP contribution >= 0.6 is 0 Å². The van der Waals surface area contributed by atoms with E-state index in [-0.39, 0.29) is 6.04 Å². The average molecular weight is 282 g/mol. The number of rotatable bonds is 4. The number of hydrogen-bond donors (Lipinski definition) is 1. The van der Waals surface area contributed by atoms with E-state index in [1.54, 1.807) is 28.6 Å². The van der Waals surface area contributed by atoms with Crippen LogP contribution in [0.3, 0.4) is 0 Å². The summed E-state index contributed by atoms with van der Waals surface area (Å²) in [5, 5.41) is 0. The molecule has 1 saturated heterocycles. The maximum Gasteiger partial charge on any atom is 0.243 e. The third-order valence-corrected chi connectivity index (χ3v) is 5.78. The van der Waals surface area contributed by atoms with Crippen molar-refractivity contribution in [3.8, 4) is 0 Å². The van der Waals surface area contributed by atoms with Gasteiger partial charge in [-0.05, 0) is 37.0 Å². The van der Waals surface area contributed by atoms with E-state index < -0.39 is 10.0 Å². The zero-order valence-electron chi connectivity index (χ0n) is 11.4. The van der Waals surface area contributed by atoms with Crippen LogP contribution in [0.4, 0.5) is 0 Å². The summed E-state index contributed by atoms with van der Waals surface area (Å²) in [6, 6.07) is 7.06. The zero-order valence-corrected chi connectivity index (χ0v) is 12.2. The lowest BCUT2D eigenvalue weighted by atomic mass is 10.0. The molecule has 2 N–H and O–H groups in total. The lowest BCUT2D eigenvalue weighted by Gasteiger charge is -2.34. The fourth-order valence-electron chi connectivity index (χ4n) is 2.63. The molecule has 0 aromatic heterocycles. The molecule has 1 unspecified atom stereocenters. The molecule has 0 amide bonds. The standard InChI is InChI=1S/C14H22N2O2S/c1-2-13-5-3-4-10-16(13)19(17,18)14-8-6-12(11-15)7-9-14/h6-9,13H,2-5,10-11,15H2,1H3. The van der Waals surface area contributed by atoms with Gasteiger partial charge in [-0.15, -0.1) is 0 Å². The van der Waals surface area contributed by atoms with Crippen molar-refractivity contribution in [2.24, 2.45) is 5.73 Å². The van der Waals surface area contributed by atoms with Crippen LogP contribution < -0.4 is 5.73 Å². The molecule has 1 aliphatic heterocycles. The van der Waals surface area contributed by atoms with E-state index in [4.69, 9.17) is 5.73 Å². The molecule has 0 spiro atoms. The summed E-state index contributed by atoms with van der Waals surface area (Å²) in [6.45, 7) is 3.12. The third kappa shape index (κ3) is 2.99. The van der Waals surface area contributed by atoms with Crippen LogP contribution in [0, 0.1) is 0 Å². The van der Waals surface area contributed by atoms with Gasteiger partial charge in [0.2, 0.25) is 10.0 Å². The van der Waals surface area contributed by atoms with Crippen LogP contribution in [0.25, 0.3) is 0 Å². The third-order valence-electron chi connectivity index (χ3n) is 3.81. The van der Waals surface area contributed by atoms with E-state index in [0.717, 1.165) is 31.2 Å². The minimum Gasteiger partial charge on any atom is -0.326 e. The Morgan fingerprint density at radius 3 is 2.53 bits per heavy atom. The normalized spacial score (nSPS) is 21.5. The second-order valence-electron chi connectivity index (χ2n) is 5.02. The lowest BCUT2D eigenvalue weighted by Crippen LogP contribution is -2.43. The van der Waals surface area contributed by atoms with Crippen molar-refractivity contribution in [2.75, 3.05) is 6.54 Å². The zero-order chi connectivity index (χ0) is 13.9. The van der Waals surface area contributed by atoms with Gasteiger partial charge in [-0.3, -0.25) is 0 Å². The molecule has 1 atom stereocenters. The first-order chi connectivity index (χ1) is 9.09. The number of benzene rings is 1. The summed E-state index contributed by atoms with van der Waals surface area (Å²) in [4.78, 5) is 0.380. The monoisotopic (exact) mass is 282 g/mol. The first-order valence-electron chi connectivity index (χ1n) is 6.90. The highest BCUT2D eigenvalue weighted by atomic mass is 32.2. The number of hydrogen-bond acceptors (Lipinski definition) is 3. The van der Waals surface area contributed by atoms with Gasteiger partial charge >= 0.3 is 0 Å². The van der Waals surface area contributed by atoms with Crippen molar-refractivity contribution < 1.29 is 8.42 Å². The van der Waals surface area contributed by atoms with E-state index in [0.29, 0.717) is 18.0 Å². The molecular formula is C14H22N2O2S. The van der Waals surface area contributed by atoms with Crippen molar-refractivity contribution in [2.45, 2.75) is 50.1 Å². The van der Waals surface area contributed by atoms with Gasteiger partial charge in [0.05, 0.1) is 4.90 Å². The minimum atomic E-state index is -3.36. The largest absolute Gasteiger partial charge is 0.326 e. The Labute approximate surface area is 115 Å². The van der Waals surface area contributed by atoms with Crippen LogP contribution in [0.1, 0.15) is 38.2 Å². The number of piperidine rings is 1. The number of nitrogens with two attached hydrogens (primary N) is 1. The van der Waals surface area contributed by atoms with Gasteiger partial charge in [0.1, 0.15) is 0 Å². The van der Waals surface area contributed by atoms with E-state index in [1.165, 1.54) is 0 Å². The predicted octanol–water partition coefficient (Wildman–Crippen LogP) is 2.10. The minimum absolute atomic E-state index is 0.146. The lowest BCUT2D eigenvalue weighted by molar-refractivity contribution is 0.246. The summed E-state index contributed by atoms with van der Waals surface area (Å²) in [7, 11) is -3.36. The van der Waals surface area contributed by atoms with Crippen molar-refractivity contribution in [3.05, 3.63) is 29.8 Å². The summed E-state index contributed by atoms with van der Waals surface area (Å²) >= 11 is 0. The van der Waals surface area contributed by atoms with Gasteiger partial charge in [0.25, 0.3) is 0 Å². The predicted molar refractivity (Wildman–Crippen MR) is 76.2 cm³/mol. The van der Waals surface area contributed by atoms with E-state index in [2.05, 4.69) is 6.92 Å². The van der Waals surface area contributed by atoms with Crippen molar-refractivity contribution in [1.29, 1.82) is 0 Å². The molecule has 1 aliphatic rings. The van der Waals surface area contributed by atoms with Gasteiger partial charge in [-0.1, -0.05) is 25.5 Å². The summed E-state index contributed by atoms with van der Waals surface area (Å²) < 4.78 is 27.0. The second kappa shape index (κ2) is 6.03. The van der Waals surface area contributed by atoms with Crippen molar-refractivity contribution >= 4 is 10.0 Å². The van der Waals surface area contributed by atoms with E-state index in [9.17, 15) is 8.42 Å². The molecule has 1 aromatic rings. The van der Waals surface area contributed by atoms with Crippen LogP contribution in [0.2, 0.25) is 0 Å². The fourth-order valence-corrected chi connectivity index (χ4v) is 4.40. The van der Waals surface area contributed by atoms with Crippen LogP contribution in [0.5, 0.6) is 0 Å². The van der Waals surface area contributed by atoms with Gasteiger partial charge in [-0.2, -0.15) is 4.31 Å². The second-order valence-corrected chi connectivity index (χ2v) is 6.91. The molecule has 19 heavy (non-hydrogen) atoms. The molecule has 0 aliphatic carbocycles. The van der Waals surface area contributed by atoms with E-state index in [1.807, 2.05) is 0 Å². The molecule has 0 saturated carbocycles.